The topological polar surface area (TPSA) is 137 Å². The van der Waals surface area contributed by atoms with Gasteiger partial charge in [0.15, 0.2) is 5.13 Å². The number of aromatic nitrogens is 3. The second kappa shape index (κ2) is 8.00. The van der Waals surface area contributed by atoms with Gasteiger partial charge in [-0.1, -0.05) is 26.0 Å². The van der Waals surface area contributed by atoms with Gasteiger partial charge >= 0.3 is 5.69 Å². The highest BCUT2D eigenvalue weighted by Crippen LogP contribution is 2.25. The van der Waals surface area contributed by atoms with E-state index in [9.17, 15) is 18.0 Å². The van der Waals surface area contributed by atoms with Gasteiger partial charge in [-0.3, -0.25) is 14.8 Å². The van der Waals surface area contributed by atoms with Crippen LogP contribution >= 0.6 is 11.3 Å². The molecule has 2 aromatic carbocycles. The third-order valence-corrected chi connectivity index (χ3v) is 6.69. The van der Waals surface area contributed by atoms with E-state index in [-0.39, 0.29) is 22.1 Å². The first-order valence-electron chi connectivity index (χ1n) is 9.33. The highest BCUT2D eigenvalue weighted by Gasteiger charge is 2.20. The third-order valence-electron chi connectivity index (χ3n) is 4.55. The maximum absolute atomic E-state index is 12.9. The van der Waals surface area contributed by atoms with Crippen molar-refractivity contribution in [3.8, 4) is 0 Å². The second-order valence-corrected chi connectivity index (χ2v) is 9.66. The molecule has 0 unspecified atom stereocenters. The van der Waals surface area contributed by atoms with E-state index in [0.717, 1.165) is 5.69 Å². The van der Waals surface area contributed by atoms with E-state index in [1.54, 1.807) is 12.1 Å². The van der Waals surface area contributed by atoms with Crippen molar-refractivity contribution in [1.29, 1.82) is 0 Å². The van der Waals surface area contributed by atoms with Gasteiger partial charge < -0.3 is 9.97 Å². The lowest BCUT2D eigenvalue weighted by Crippen LogP contribution is -2.18. The normalized spacial score (nSPS) is 11.7. The van der Waals surface area contributed by atoms with Crippen LogP contribution in [0.15, 0.2) is 57.5 Å². The van der Waals surface area contributed by atoms with Gasteiger partial charge in [0.2, 0.25) is 0 Å². The molecule has 2 heterocycles. The molecule has 0 atom stereocenters. The third kappa shape index (κ3) is 4.37. The number of nitrogens with one attached hydrogen (secondary N) is 4. The Kier molecular flexibility index (Phi) is 5.38. The zero-order chi connectivity index (χ0) is 22.2. The maximum atomic E-state index is 12.9. The molecule has 0 aliphatic carbocycles. The Morgan fingerprint density at radius 2 is 1.84 bits per heavy atom. The summed E-state index contributed by atoms with van der Waals surface area (Å²) in [7, 11) is -4.01. The number of carbonyl (C=O) groups excluding carboxylic acids is 1. The molecule has 4 N–H and O–H groups in total. The van der Waals surface area contributed by atoms with Crippen LogP contribution in [0.25, 0.3) is 11.0 Å². The van der Waals surface area contributed by atoms with Crippen molar-refractivity contribution in [3.63, 3.8) is 0 Å². The van der Waals surface area contributed by atoms with Crippen molar-refractivity contribution in [1.82, 2.24) is 15.0 Å². The predicted octanol–water partition coefficient (Wildman–Crippen LogP) is 3.49. The van der Waals surface area contributed by atoms with Crippen molar-refractivity contribution < 1.29 is 13.2 Å². The fourth-order valence-electron chi connectivity index (χ4n) is 2.93. The Labute approximate surface area is 181 Å². The number of anilines is 2. The molecule has 4 aromatic rings. The fraction of sp³-hybridized carbons (Fsp3) is 0.150. The summed E-state index contributed by atoms with van der Waals surface area (Å²) in [6, 6.07) is 10.5. The van der Waals surface area contributed by atoms with Gasteiger partial charge in [0.1, 0.15) is 0 Å². The van der Waals surface area contributed by atoms with E-state index in [1.165, 1.54) is 41.7 Å². The number of aromatic amines is 2. The van der Waals surface area contributed by atoms with Gasteiger partial charge in [-0.25, -0.2) is 18.2 Å². The van der Waals surface area contributed by atoms with E-state index in [1.807, 2.05) is 19.2 Å². The number of thiazole rings is 1. The largest absolute Gasteiger partial charge is 0.323 e. The number of carbonyl (C=O) groups is 1. The van der Waals surface area contributed by atoms with E-state index in [2.05, 4.69) is 25.0 Å². The molecule has 11 heteroatoms. The summed E-state index contributed by atoms with van der Waals surface area (Å²) >= 11 is 1.31. The number of hydrogen-bond acceptors (Lipinski definition) is 6. The van der Waals surface area contributed by atoms with Crippen LogP contribution in [-0.4, -0.2) is 29.3 Å². The van der Waals surface area contributed by atoms with Gasteiger partial charge in [0.05, 0.1) is 32.9 Å². The van der Waals surface area contributed by atoms with Crippen LogP contribution in [-0.2, 0) is 10.0 Å². The molecule has 1 amide bonds. The number of amides is 1. The molecule has 160 valence electrons. The van der Waals surface area contributed by atoms with Crippen LogP contribution < -0.4 is 15.7 Å². The molecule has 4 rings (SSSR count). The minimum atomic E-state index is -4.01. The highest BCUT2D eigenvalue weighted by molar-refractivity contribution is 7.92. The molecule has 9 nitrogen and oxygen atoms in total. The number of rotatable bonds is 6. The van der Waals surface area contributed by atoms with Gasteiger partial charge in [-0.15, -0.1) is 11.3 Å². The zero-order valence-corrected chi connectivity index (χ0v) is 18.2. The Morgan fingerprint density at radius 3 is 2.58 bits per heavy atom. The van der Waals surface area contributed by atoms with Crippen LogP contribution in [0.4, 0.5) is 10.8 Å². The van der Waals surface area contributed by atoms with Crippen molar-refractivity contribution >= 4 is 49.1 Å². The number of para-hydroxylation sites is 1. The molecule has 0 fully saturated rings. The van der Waals surface area contributed by atoms with Gasteiger partial charge in [0.25, 0.3) is 15.9 Å². The molecule has 0 saturated carbocycles. The van der Waals surface area contributed by atoms with Crippen LogP contribution in [0.3, 0.4) is 0 Å². The monoisotopic (exact) mass is 457 g/mol. The Hall–Kier alpha value is -3.44. The quantitative estimate of drug-likeness (QED) is 0.351. The number of benzene rings is 2. The molecule has 0 saturated heterocycles. The predicted molar refractivity (Wildman–Crippen MR) is 120 cm³/mol. The number of imidazole rings is 1. The summed E-state index contributed by atoms with van der Waals surface area (Å²) < 4.78 is 28.3. The van der Waals surface area contributed by atoms with Crippen LogP contribution in [0.2, 0.25) is 0 Å². The highest BCUT2D eigenvalue weighted by atomic mass is 32.2. The van der Waals surface area contributed by atoms with E-state index < -0.39 is 21.6 Å². The van der Waals surface area contributed by atoms with Crippen molar-refractivity contribution in [3.05, 3.63) is 69.6 Å². The summed E-state index contributed by atoms with van der Waals surface area (Å²) in [5.74, 6) is -0.248. The first kappa shape index (κ1) is 20.8. The molecule has 0 bridgehead atoms. The lowest BCUT2D eigenvalue weighted by atomic mass is 10.1. The standard InChI is InChI=1S/C20H19N5O4S2/c1-11(2)17-10-30-20(23-17)24-18(26)13-5-3-4-6-14(13)25-31(28,29)12-7-8-15-16(9-12)22-19(27)21-15/h3-11,25H,1-2H3,(H2,21,22,27)(H,23,24,26). The average Bonchev–Trinajstić information content (AvgIpc) is 3.33. The van der Waals surface area contributed by atoms with E-state index in [4.69, 9.17) is 0 Å². The van der Waals surface area contributed by atoms with Crippen LogP contribution in [0.1, 0.15) is 35.8 Å². The number of hydrogen-bond donors (Lipinski definition) is 4. The van der Waals surface area contributed by atoms with Crippen LogP contribution in [0, 0.1) is 0 Å². The fourth-order valence-corrected chi connectivity index (χ4v) is 4.90. The van der Waals surface area contributed by atoms with Gasteiger partial charge in [0, 0.05) is 5.38 Å². The SMILES string of the molecule is CC(C)c1csc(NC(=O)c2ccccc2NS(=O)(=O)c2ccc3[nH]c(=O)[nH]c3c2)n1. The van der Waals surface area contributed by atoms with Crippen molar-refractivity contribution in [2.45, 2.75) is 24.7 Å². The Bertz CT molecular complexity index is 1430. The Balaban J connectivity index is 1.60. The molecule has 0 aliphatic rings. The van der Waals surface area contributed by atoms with E-state index >= 15 is 0 Å². The molecule has 2 aromatic heterocycles. The summed E-state index contributed by atoms with van der Waals surface area (Å²) in [5.41, 5.74) is 1.58. The minimum Gasteiger partial charge on any atom is -0.306 e. The van der Waals surface area contributed by atoms with Crippen molar-refractivity contribution in [2.75, 3.05) is 10.0 Å². The first-order chi connectivity index (χ1) is 14.7. The molecule has 0 aliphatic heterocycles. The Morgan fingerprint density at radius 1 is 1.10 bits per heavy atom. The second-order valence-electron chi connectivity index (χ2n) is 7.12. The average molecular weight is 458 g/mol. The molecular weight excluding hydrogens is 438 g/mol. The summed E-state index contributed by atoms with van der Waals surface area (Å²) in [6.07, 6.45) is 0. The van der Waals surface area contributed by atoms with Crippen molar-refractivity contribution in [2.24, 2.45) is 0 Å². The molecule has 0 spiro atoms. The summed E-state index contributed by atoms with van der Waals surface area (Å²) in [4.78, 5) is 33.6. The number of nitrogens with zero attached hydrogens (tertiary/aromatic N) is 1. The molecule has 31 heavy (non-hydrogen) atoms. The maximum Gasteiger partial charge on any atom is 0.323 e. The smallest absolute Gasteiger partial charge is 0.306 e. The number of sulfonamides is 1. The first-order valence-corrected chi connectivity index (χ1v) is 11.7. The lowest BCUT2D eigenvalue weighted by Gasteiger charge is -2.12. The zero-order valence-electron chi connectivity index (χ0n) is 16.6. The number of fused-ring (bicyclic) bond motifs is 1. The van der Waals surface area contributed by atoms with Crippen LogP contribution in [0.5, 0.6) is 0 Å². The van der Waals surface area contributed by atoms with Gasteiger partial charge in [-0.2, -0.15) is 0 Å². The molecular formula is C20H19N5O4S2. The lowest BCUT2D eigenvalue weighted by molar-refractivity contribution is 0.102. The summed E-state index contributed by atoms with van der Waals surface area (Å²) in [5, 5.41) is 5.03. The van der Waals surface area contributed by atoms with E-state index in [0.29, 0.717) is 16.2 Å². The molecule has 0 radical (unpaired) electrons. The van der Waals surface area contributed by atoms with Gasteiger partial charge in [-0.05, 0) is 36.2 Å². The summed E-state index contributed by atoms with van der Waals surface area (Å²) in [6.45, 7) is 4.01. The number of H-pyrrole nitrogens is 2. The minimum absolute atomic E-state index is 0.0491.